The lowest BCUT2D eigenvalue weighted by Crippen LogP contribution is -2.24. The number of rotatable bonds is 6. The summed E-state index contributed by atoms with van der Waals surface area (Å²) >= 11 is 0. The number of azide groups is 1. The van der Waals surface area contributed by atoms with Crippen molar-refractivity contribution in [2.24, 2.45) is 5.11 Å². The molecule has 0 saturated carbocycles. The normalized spacial score (nSPS) is 9.76. The molecule has 1 rings (SSSR count). The Balaban J connectivity index is 2.30. The summed E-state index contributed by atoms with van der Waals surface area (Å²) in [7, 11) is 0. The molecule has 7 nitrogen and oxygen atoms in total. The smallest absolute Gasteiger partial charge is 0.289 e. The van der Waals surface area contributed by atoms with Gasteiger partial charge in [0.2, 0.25) is 5.76 Å². The summed E-state index contributed by atoms with van der Waals surface area (Å²) in [6.45, 7) is 4.41. The van der Waals surface area contributed by atoms with Crippen LogP contribution in [0, 0.1) is 13.8 Å². The van der Waals surface area contributed by atoms with Gasteiger partial charge >= 0.3 is 0 Å². The van der Waals surface area contributed by atoms with Crippen LogP contribution in [-0.4, -0.2) is 24.0 Å². The highest BCUT2D eigenvalue weighted by Crippen LogP contribution is 2.08. The van der Waals surface area contributed by atoms with Crippen LogP contribution in [0.25, 0.3) is 10.4 Å². The minimum atomic E-state index is -0.258. The average Bonchev–Trinajstić information content (AvgIpc) is 2.62. The molecule has 1 heterocycles. The zero-order valence-electron chi connectivity index (χ0n) is 9.93. The Hall–Kier alpha value is -2.01. The molecule has 0 aliphatic heterocycles. The summed E-state index contributed by atoms with van der Waals surface area (Å²) in [4.78, 5) is 18.3. The van der Waals surface area contributed by atoms with Gasteiger partial charge in [0.1, 0.15) is 0 Å². The van der Waals surface area contributed by atoms with Gasteiger partial charge in [0.15, 0.2) is 5.89 Å². The van der Waals surface area contributed by atoms with Crippen LogP contribution >= 0.6 is 0 Å². The minimum absolute atomic E-state index is 0.258. The van der Waals surface area contributed by atoms with Crippen LogP contribution in [-0.2, 0) is 0 Å². The second-order valence-electron chi connectivity index (χ2n) is 3.56. The van der Waals surface area contributed by atoms with E-state index in [2.05, 4.69) is 20.3 Å². The van der Waals surface area contributed by atoms with Crippen molar-refractivity contribution < 1.29 is 9.21 Å². The maximum atomic E-state index is 11.6. The molecule has 17 heavy (non-hydrogen) atoms. The Morgan fingerprint density at radius 2 is 2.29 bits per heavy atom. The summed E-state index contributed by atoms with van der Waals surface area (Å²) < 4.78 is 5.18. The lowest BCUT2D eigenvalue weighted by atomic mass is 10.3. The molecule has 0 atom stereocenters. The Morgan fingerprint density at radius 3 is 2.88 bits per heavy atom. The number of aromatic nitrogens is 1. The summed E-state index contributed by atoms with van der Waals surface area (Å²) in [6.07, 6.45) is 1.51. The molecule has 0 spiro atoms. The van der Waals surface area contributed by atoms with Crippen molar-refractivity contribution in [1.29, 1.82) is 0 Å². The fraction of sp³-hybridized carbons (Fsp3) is 0.600. The van der Waals surface area contributed by atoms with Gasteiger partial charge in [0.05, 0.1) is 5.69 Å². The van der Waals surface area contributed by atoms with E-state index in [-0.39, 0.29) is 11.7 Å². The second-order valence-corrected chi connectivity index (χ2v) is 3.56. The van der Waals surface area contributed by atoms with E-state index in [4.69, 9.17) is 9.95 Å². The van der Waals surface area contributed by atoms with E-state index in [0.29, 0.717) is 24.7 Å². The van der Waals surface area contributed by atoms with Gasteiger partial charge in [-0.3, -0.25) is 4.79 Å². The first-order valence-electron chi connectivity index (χ1n) is 5.38. The van der Waals surface area contributed by atoms with Gasteiger partial charge in [-0.25, -0.2) is 4.98 Å². The van der Waals surface area contributed by atoms with Gasteiger partial charge in [-0.05, 0) is 25.3 Å². The van der Waals surface area contributed by atoms with Crippen LogP contribution in [0.4, 0.5) is 0 Å². The number of amides is 1. The van der Waals surface area contributed by atoms with Crippen molar-refractivity contribution >= 4 is 5.91 Å². The number of oxazole rings is 1. The van der Waals surface area contributed by atoms with Gasteiger partial charge in [-0.15, -0.1) is 0 Å². The first-order valence-corrected chi connectivity index (χ1v) is 5.38. The Kier molecular flexibility index (Phi) is 5.03. The molecule has 1 N–H and O–H groups in total. The first-order chi connectivity index (χ1) is 8.15. The first kappa shape index (κ1) is 13.1. The number of aryl methyl sites for hydroxylation is 2. The molecule has 1 aromatic heterocycles. The quantitative estimate of drug-likeness (QED) is 0.354. The maximum Gasteiger partial charge on any atom is 0.289 e. The molecule has 0 aliphatic carbocycles. The van der Waals surface area contributed by atoms with Crippen molar-refractivity contribution in [3.63, 3.8) is 0 Å². The van der Waals surface area contributed by atoms with Gasteiger partial charge in [-0.1, -0.05) is 5.11 Å². The van der Waals surface area contributed by atoms with Crippen molar-refractivity contribution in [2.45, 2.75) is 26.7 Å². The molecule has 1 amide bonds. The van der Waals surface area contributed by atoms with Crippen LogP contribution in [0.5, 0.6) is 0 Å². The highest BCUT2D eigenvalue weighted by Gasteiger charge is 2.14. The van der Waals surface area contributed by atoms with E-state index in [0.717, 1.165) is 12.8 Å². The van der Waals surface area contributed by atoms with E-state index in [1.54, 1.807) is 13.8 Å². The SMILES string of the molecule is Cc1nc(C)c(C(=O)NCCCCN=[N+]=[N-])o1. The number of nitrogens with zero attached hydrogens (tertiary/aromatic N) is 4. The molecule has 0 bridgehead atoms. The fourth-order valence-corrected chi connectivity index (χ4v) is 1.38. The summed E-state index contributed by atoms with van der Waals surface area (Å²) in [5, 5.41) is 6.13. The van der Waals surface area contributed by atoms with Crippen LogP contribution < -0.4 is 5.32 Å². The summed E-state index contributed by atoms with van der Waals surface area (Å²) in [5.41, 5.74) is 8.65. The number of carbonyl (C=O) groups is 1. The lowest BCUT2D eigenvalue weighted by Gasteiger charge is -2.01. The largest absolute Gasteiger partial charge is 0.436 e. The zero-order chi connectivity index (χ0) is 12.7. The Labute approximate surface area is 98.8 Å². The van der Waals surface area contributed by atoms with Gasteiger partial charge in [0.25, 0.3) is 5.91 Å². The van der Waals surface area contributed by atoms with E-state index < -0.39 is 0 Å². The Bertz CT molecular complexity index is 434. The lowest BCUT2D eigenvalue weighted by molar-refractivity contribution is 0.0923. The van der Waals surface area contributed by atoms with Gasteiger partial charge < -0.3 is 9.73 Å². The van der Waals surface area contributed by atoms with Crippen molar-refractivity contribution in [1.82, 2.24) is 10.3 Å². The van der Waals surface area contributed by atoms with Crippen LogP contribution in [0.2, 0.25) is 0 Å². The monoisotopic (exact) mass is 237 g/mol. The topological polar surface area (TPSA) is 104 Å². The molecule has 0 radical (unpaired) electrons. The van der Waals surface area contributed by atoms with Crippen LogP contribution in [0.3, 0.4) is 0 Å². The predicted molar refractivity (Wildman–Crippen MR) is 61.6 cm³/mol. The van der Waals surface area contributed by atoms with Crippen molar-refractivity contribution in [3.05, 3.63) is 27.8 Å². The van der Waals surface area contributed by atoms with E-state index >= 15 is 0 Å². The van der Waals surface area contributed by atoms with Crippen molar-refractivity contribution in [2.75, 3.05) is 13.1 Å². The highest BCUT2D eigenvalue weighted by atomic mass is 16.4. The fourth-order valence-electron chi connectivity index (χ4n) is 1.38. The Morgan fingerprint density at radius 1 is 1.53 bits per heavy atom. The van der Waals surface area contributed by atoms with Gasteiger partial charge in [0, 0.05) is 24.9 Å². The highest BCUT2D eigenvalue weighted by molar-refractivity contribution is 5.92. The number of hydrogen-bond acceptors (Lipinski definition) is 4. The molecular weight excluding hydrogens is 222 g/mol. The minimum Gasteiger partial charge on any atom is -0.436 e. The molecular formula is C10H15N5O2. The molecule has 92 valence electrons. The number of carbonyl (C=O) groups excluding carboxylic acids is 1. The second kappa shape index (κ2) is 6.55. The van der Waals surface area contributed by atoms with E-state index in [9.17, 15) is 4.79 Å². The molecule has 7 heteroatoms. The predicted octanol–water partition coefficient (Wildman–Crippen LogP) is 2.11. The standard InChI is InChI=1S/C10H15N5O2/c1-7-9(17-8(2)14-7)10(16)12-5-3-4-6-13-15-11/h3-6H2,1-2H3,(H,12,16). The molecule has 0 aromatic carbocycles. The third-order valence-electron chi connectivity index (χ3n) is 2.14. The molecule has 1 aromatic rings. The third-order valence-corrected chi connectivity index (χ3v) is 2.14. The van der Waals surface area contributed by atoms with Crippen molar-refractivity contribution in [3.8, 4) is 0 Å². The number of hydrogen-bond donors (Lipinski definition) is 1. The summed E-state index contributed by atoms with van der Waals surface area (Å²) in [5.74, 6) is 0.487. The molecule has 0 unspecified atom stereocenters. The third kappa shape index (κ3) is 4.16. The summed E-state index contributed by atoms with van der Waals surface area (Å²) in [6, 6.07) is 0. The van der Waals surface area contributed by atoms with E-state index in [1.165, 1.54) is 0 Å². The molecule has 0 fully saturated rings. The van der Waals surface area contributed by atoms with E-state index in [1.807, 2.05) is 0 Å². The van der Waals surface area contributed by atoms with Crippen LogP contribution in [0.1, 0.15) is 35.0 Å². The van der Waals surface area contributed by atoms with Gasteiger partial charge in [-0.2, -0.15) is 0 Å². The molecule has 0 saturated heterocycles. The zero-order valence-corrected chi connectivity index (χ0v) is 9.93. The average molecular weight is 237 g/mol. The molecule has 0 aliphatic rings. The van der Waals surface area contributed by atoms with Crippen LogP contribution in [0.15, 0.2) is 9.53 Å². The number of unbranched alkanes of at least 4 members (excludes halogenated alkanes) is 1. The maximum absolute atomic E-state index is 11.6. The number of nitrogens with one attached hydrogen (secondary N) is 1.